The van der Waals surface area contributed by atoms with Crippen LogP contribution in [-0.2, 0) is 0 Å². The molecular formula is C44H28N4O2. The van der Waals surface area contributed by atoms with Crippen LogP contribution in [0, 0.1) is 17.9 Å². The maximum absolute atomic E-state index is 10.0. The van der Waals surface area contributed by atoms with Gasteiger partial charge in [0.15, 0.2) is 11.5 Å². The molecule has 0 amide bonds. The van der Waals surface area contributed by atoms with Gasteiger partial charge in [-0.05, 0) is 101 Å². The van der Waals surface area contributed by atoms with Crippen molar-refractivity contribution in [2.45, 2.75) is 12.1 Å². The van der Waals surface area contributed by atoms with Crippen molar-refractivity contribution in [3.8, 4) is 45.6 Å². The third kappa shape index (κ3) is 4.79. The number of allylic oxidation sites excluding steroid dienone is 2. The average molecular weight is 645 g/mol. The van der Waals surface area contributed by atoms with Gasteiger partial charge in [0.1, 0.15) is 11.9 Å². The summed E-state index contributed by atoms with van der Waals surface area (Å²) in [5.74, 6) is 2.43. The van der Waals surface area contributed by atoms with E-state index < -0.39 is 0 Å². The molecule has 3 aliphatic rings. The fourth-order valence-electron chi connectivity index (χ4n) is 7.11. The van der Waals surface area contributed by atoms with Crippen LogP contribution in [0.5, 0.6) is 17.2 Å². The van der Waals surface area contributed by atoms with Crippen molar-refractivity contribution in [1.82, 2.24) is 0 Å². The highest BCUT2D eigenvalue weighted by atomic mass is 16.5. The van der Waals surface area contributed by atoms with Crippen molar-refractivity contribution in [3.63, 3.8) is 0 Å². The number of nitrogens with zero attached hydrogens (tertiary/aromatic N) is 4. The number of ether oxygens (including phenoxy) is 2. The van der Waals surface area contributed by atoms with Crippen LogP contribution in [0.3, 0.4) is 0 Å². The standard InChI is InChI=1S/C44H28N4O2/c1-46-36-27-35(30-20-24-33(25-21-30)48-39-12-4-8-16-43(39)50-44-17-9-5-13-40(44)48)34(26-31(36)28-45)29-18-22-32(23-19-29)47-37-10-2-6-14-41(37)49-42-15-7-3-11-38(42)47/h2-27,37,41H. The summed E-state index contributed by atoms with van der Waals surface area (Å²) in [6.45, 7) is 7.83. The van der Waals surface area contributed by atoms with Gasteiger partial charge >= 0.3 is 0 Å². The van der Waals surface area contributed by atoms with E-state index in [9.17, 15) is 5.26 Å². The number of fused-ring (bicyclic) bond motifs is 4. The van der Waals surface area contributed by atoms with Crippen LogP contribution in [0.25, 0.3) is 27.1 Å². The first-order valence-electron chi connectivity index (χ1n) is 16.4. The van der Waals surface area contributed by atoms with Crippen molar-refractivity contribution in [3.05, 3.63) is 175 Å². The zero-order valence-electron chi connectivity index (χ0n) is 26.8. The summed E-state index contributed by atoms with van der Waals surface area (Å²) in [6.07, 6.45) is 8.27. The van der Waals surface area contributed by atoms with Gasteiger partial charge in [0.05, 0.1) is 41.3 Å². The summed E-state index contributed by atoms with van der Waals surface area (Å²) < 4.78 is 12.5. The maximum atomic E-state index is 10.0. The van der Waals surface area contributed by atoms with Crippen LogP contribution in [0.15, 0.2) is 158 Å². The number of para-hydroxylation sites is 6. The Bertz CT molecular complexity index is 2390. The largest absolute Gasteiger partial charge is 0.482 e. The summed E-state index contributed by atoms with van der Waals surface area (Å²) in [4.78, 5) is 8.23. The lowest BCUT2D eigenvalue weighted by Gasteiger charge is -2.42. The molecule has 2 heterocycles. The predicted molar refractivity (Wildman–Crippen MR) is 198 cm³/mol. The fraction of sp³-hybridized carbons (Fsp3) is 0.0455. The molecule has 236 valence electrons. The van der Waals surface area contributed by atoms with Gasteiger partial charge in [0.2, 0.25) is 5.69 Å². The first-order chi connectivity index (χ1) is 24.7. The van der Waals surface area contributed by atoms with Gasteiger partial charge in [-0.15, -0.1) is 0 Å². The Morgan fingerprint density at radius 1 is 0.620 bits per heavy atom. The van der Waals surface area contributed by atoms with E-state index >= 15 is 0 Å². The second-order valence-electron chi connectivity index (χ2n) is 12.3. The SMILES string of the molecule is [C-]#[N+]c1cc(-c2ccc(N3c4ccccc4Oc4ccccc43)cc2)c(-c2ccc(N3c4ccccc4OC4C=CC=CC43)cc2)cc1C#N. The third-order valence-electron chi connectivity index (χ3n) is 9.44. The molecule has 50 heavy (non-hydrogen) atoms. The predicted octanol–water partition coefficient (Wildman–Crippen LogP) is 11.4. The molecule has 0 fully saturated rings. The van der Waals surface area contributed by atoms with Crippen LogP contribution in [0.1, 0.15) is 5.56 Å². The Hall–Kier alpha value is -7.02. The zero-order chi connectivity index (χ0) is 33.6. The highest BCUT2D eigenvalue weighted by molar-refractivity contribution is 5.91. The van der Waals surface area contributed by atoms with Gasteiger partial charge in [-0.3, -0.25) is 0 Å². The highest BCUT2D eigenvalue weighted by Gasteiger charge is 2.34. The molecule has 9 rings (SSSR count). The van der Waals surface area contributed by atoms with Gasteiger partial charge < -0.3 is 19.3 Å². The number of benzene rings is 6. The third-order valence-corrected chi connectivity index (χ3v) is 9.44. The normalized spacial score (nSPS) is 16.4. The monoisotopic (exact) mass is 644 g/mol. The Kier molecular flexibility index (Phi) is 6.93. The Morgan fingerprint density at radius 2 is 1.18 bits per heavy atom. The topological polar surface area (TPSA) is 53.1 Å². The van der Waals surface area contributed by atoms with Gasteiger partial charge in [-0.2, -0.15) is 5.26 Å². The molecule has 6 heteroatoms. The van der Waals surface area contributed by atoms with Gasteiger partial charge in [0.25, 0.3) is 0 Å². The number of anilines is 5. The van der Waals surface area contributed by atoms with Crippen LogP contribution in [0.2, 0.25) is 0 Å². The van der Waals surface area contributed by atoms with Gasteiger partial charge in [-0.1, -0.05) is 78.9 Å². The summed E-state index contributed by atoms with van der Waals surface area (Å²) in [7, 11) is 0. The number of rotatable bonds is 4. The molecule has 0 saturated heterocycles. The van der Waals surface area contributed by atoms with Crippen LogP contribution in [-0.4, -0.2) is 12.1 Å². The van der Waals surface area contributed by atoms with E-state index in [0.29, 0.717) is 11.3 Å². The van der Waals surface area contributed by atoms with E-state index in [2.05, 4.69) is 106 Å². The molecule has 0 bridgehead atoms. The lowest BCUT2D eigenvalue weighted by molar-refractivity contribution is 0.218. The van der Waals surface area contributed by atoms with Gasteiger partial charge in [-0.25, -0.2) is 4.85 Å². The molecular weight excluding hydrogens is 617 g/mol. The van der Waals surface area contributed by atoms with Crippen molar-refractivity contribution in [1.29, 1.82) is 5.26 Å². The van der Waals surface area contributed by atoms with E-state index in [4.69, 9.17) is 16.0 Å². The summed E-state index contributed by atoms with van der Waals surface area (Å²) in [5, 5.41) is 10.0. The van der Waals surface area contributed by atoms with Gasteiger partial charge in [0, 0.05) is 11.4 Å². The van der Waals surface area contributed by atoms with E-state index in [1.807, 2.05) is 72.8 Å². The molecule has 0 saturated carbocycles. The molecule has 2 atom stereocenters. The van der Waals surface area contributed by atoms with Crippen LogP contribution < -0.4 is 19.3 Å². The van der Waals surface area contributed by atoms with E-state index in [-0.39, 0.29) is 12.1 Å². The highest BCUT2D eigenvalue weighted by Crippen LogP contribution is 2.50. The minimum absolute atomic E-state index is 0.0170. The molecule has 6 aromatic carbocycles. The van der Waals surface area contributed by atoms with E-state index in [1.165, 1.54) is 0 Å². The minimum Gasteiger partial charge on any atom is -0.482 e. The maximum Gasteiger partial charge on any atom is 0.205 e. The van der Waals surface area contributed by atoms with Crippen molar-refractivity contribution in [2.24, 2.45) is 0 Å². The molecule has 2 aliphatic heterocycles. The summed E-state index contributed by atoms with van der Waals surface area (Å²) in [6, 6.07) is 46.9. The number of hydrogen-bond acceptors (Lipinski definition) is 5. The Balaban J connectivity index is 1.11. The minimum atomic E-state index is -0.0945. The van der Waals surface area contributed by atoms with E-state index in [1.54, 1.807) is 0 Å². The molecule has 6 nitrogen and oxygen atoms in total. The summed E-state index contributed by atoms with van der Waals surface area (Å²) in [5.41, 5.74) is 9.31. The second-order valence-corrected chi connectivity index (χ2v) is 12.3. The van der Waals surface area contributed by atoms with Crippen molar-refractivity contribution in [2.75, 3.05) is 9.80 Å². The molecule has 0 aromatic heterocycles. The lowest BCUT2D eigenvalue weighted by atomic mass is 9.91. The van der Waals surface area contributed by atoms with E-state index in [0.717, 1.165) is 67.9 Å². The first kappa shape index (κ1) is 29.1. The Morgan fingerprint density at radius 3 is 1.82 bits per heavy atom. The number of nitriles is 1. The van der Waals surface area contributed by atoms with Crippen LogP contribution in [0.4, 0.5) is 34.1 Å². The Labute approximate surface area is 290 Å². The lowest BCUT2D eigenvalue weighted by Crippen LogP contribution is -2.46. The molecule has 0 radical (unpaired) electrons. The average Bonchev–Trinajstić information content (AvgIpc) is 3.18. The molecule has 6 aromatic rings. The molecule has 2 unspecified atom stereocenters. The fourth-order valence-corrected chi connectivity index (χ4v) is 7.11. The van der Waals surface area contributed by atoms with Crippen molar-refractivity contribution < 1.29 is 9.47 Å². The zero-order valence-corrected chi connectivity index (χ0v) is 26.8. The molecule has 0 spiro atoms. The summed E-state index contributed by atoms with van der Waals surface area (Å²) >= 11 is 0. The smallest absolute Gasteiger partial charge is 0.205 e. The molecule has 0 N–H and O–H groups in total. The molecule has 1 aliphatic carbocycles. The van der Waals surface area contributed by atoms with Crippen LogP contribution >= 0.6 is 0 Å². The number of hydrogen-bond donors (Lipinski definition) is 0. The second kappa shape index (κ2) is 11.9. The van der Waals surface area contributed by atoms with Crippen molar-refractivity contribution >= 4 is 34.1 Å². The quantitative estimate of drug-likeness (QED) is 0.179. The first-order valence-corrected chi connectivity index (χ1v) is 16.4.